The van der Waals surface area contributed by atoms with E-state index in [4.69, 9.17) is 11.5 Å². The first-order valence-electron chi connectivity index (χ1n) is 7.38. The Morgan fingerprint density at radius 2 is 1.88 bits per heavy atom. The van der Waals surface area contributed by atoms with Crippen molar-refractivity contribution in [2.24, 2.45) is 0 Å². The minimum atomic E-state index is 0.232. The van der Waals surface area contributed by atoms with Gasteiger partial charge in [-0.2, -0.15) is 0 Å². The molecule has 6 N–H and O–H groups in total. The minimum Gasteiger partial charge on any atom is -0.399 e. The summed E-state index contributed by atoms with van der Waals surface area (Å²) in [5.74, 6) is 0.232. The third-order valence-electron chi connectivity index (χ3n) is 3.69. The van der Waals surface area contributed by atoms with Gasteiger partial charge in [-0.1, -0.05) is 6.07 Å². The van der Waals surface area contributed by atoms with Gasteiger partial charge in [-0.3, -0.25) is 0 Å². The minimum absolute atomic E-state index is 0.232. The number of pyridine rings is 1. The number of H-pyrrole nitrogens is 1. The number of aromatic nitrogens is 4. The predicted molar refractivity (Wildman–Crippen MR) is 95.7 cm³/mol. The van der Waals surface area contributed by atoms with Crippen LogP contribution in [0.2, 0.25) is 0 Å². The van der Waals surface area contributed by atoms with Crippen LogP contribution < -0.4 is 16.8 Å². The number of anilines is 4. The summed E-state index contributed by atoms with van der Waals surface area (Å²) in [5.41, 5.74) is 16.5. The van der Waals surface area contributed by atoms with Crippen LogP contribution in [0.4, 0.5) is 23.0 Å². The molecule has 0 aliphatic heterocycles. The van der Waals surface area contributed by atoms with Gasteiger partial charge in [-0.05, 0) is 30.3 Å². The van der Waals surface area contributed by atoms with Crippen LogP contribution >= 0.6 is 0 Å². The van der Waals surface area contributed by atoms with E-state index in [1.54, 1.807) is 12.4 Å². The van der Waals surface area contributed by atoms with Gasteiger partial charge in [-0.15, -0.1) is 0 Å². The molecule has 0 aliphatic rings. The lowest BCUT2D eigenvalue weighted by atomic mass is 10.1. The second-order valence-corrected chi connectivity index (χ2v) is 5.34. The molecule has 7 nitrogen and oxygen atoms in total. The van der Waals surface area contributed by atoms with Gasteiger partial charge in [0.1, 0.15) is 5.65 Å². The van der Waals surface area contributed by atoms with Gasteiger partial charge in [0.25, 0.3) is 0 Å². The highest BCUT2D eigenvalue weighted by Crippen LogP contribution is 2.33. The molecule has 0 unspecified atom stereocenters. The quantitative estimate of drug-likeness (QED) is 0.431. The molecule has 3 heterocycles. The summed E-state index contributed by atoms with van der Waals surface area (Å²) in [4.78, 5) is 15.8. The van der Waals surface area contributed by atoms with Crippen LogP contribution in [0.5, 0.6) is 0 Å². The highest BCUT2D eigenvalue weighted by Gasteiger charge is 2.13. The molecule has 0 saturated carbocycles. The highest BCUT2D eigenvalue weighted by molar-refractivity contribution is 6.02. The standard InChI is InChI=1S/C17H15N7/c18-10-2-1-3-11(8-10)23-14-5-6-20-16-15(14)12(9-22-16)13-4-7-21-17(19)24-13/h1-9H,18H2,(H2,19,21,24)(H2,20,22,23). The average molecular weight is 317 g/mol. The summed E-state index contributed by atoms with van der Waals surface area (Å²) in [6.07, 6.45) is 5.24. The molecule has 0 aliphatic carbocycles. The summed E-state index contributed by atoms with van der Waals surface area (Å²) < 4.78 is 0. The molecule has 0 saturated heterocycles. The molecule has 0 spiro atoms. The van der Waals surface area contributed by atoms with Gasteiger partial charge in [0.15, 0.2) is 0 Å². The Hall–Kier alpha value is -3.61. The van der Waals surface area contributed by atoms with E-state index in [1.165, 1.54) is 0 Å². The van der Waals surface area contributed by atoms with E-state index in [1.807, 2.05) is 42.6 Å². The van der Waals surface area contributed by atoms with E-state index < -0.39 is 0 Å². The summed E-state index contributed by atoms with van der Waals surface area (Å²) in [7, 11) is 0. The first kappa shape index (κ1) is 14.0. The van der Waals surface area contributed by atoms with Crippen LogP contribution in [0.15, 0.2) is 55.0 Å². The van der Waals surface area contributed by atoms with Gasteiger partial charge in [0, 0.05) is 35.5 Å². The number of nitrogens with one attached hydrogen (secondary N) is 2. The van der Waals surface area contributed by atoms with E-state index in [0.717, 1.165) is 33.7 Å². The van der Waals surface area contributed by atoms with E-state index in [-0.39, 0.29) is 5.95 Å². The number of fused-ring (bicyclic) bond motifs is 1. The van der Waals surface area contributed by atoms with Crippen LogP contribution in [-0.4, -0.2) is 19.9 Å². The number of aromatic amines is 1. The van der Waals surface area contributed by atoms with Crippen molar-refractivity contribution >= 4 is 34.0 Å². The van der Waals surface area contributed by atoms with Crippen molar-refractivity contribution in [3.05, 3.63) is 55.0 Å². The van der Waals surface area contributed by atoms with Crippen molar-refractivity contribution in [2.75, 3.05) is 16.8 Å². The Balaban J connectivity index is 1.86. The first-order valence-corrected chi connectivity index (χ1v) is 7.38. The van der Waals surface area contributed by atoms with Gasteiger partial charge in [0.2, 0.25) is 5.95 Å². The normalized spacial score (nSPS) is 10.8. The van der Waals surface area contributed by atoms with E-state index in [9.17, 15) is 0 Å². The number of hydrogen-bond donors (Lipinski definition) is 4. The lowest BCUT2D eigenvalue weighted by Gasteiger charge is -2.10. The lowest BCUT2D eigenvalue weighted by Crippen LogP contribution is -1.96. The number of nitrogens with two attached hydrogens (primary N) is 2. The Labute approximate surface area is 137 Å². The van der Waals surface area contributed by atoms with Crippen molar-refractivity contribution in [2.45, 2.75) is 0 Å². The summed E-state index contributed by atoms with van der Waals surface area (Å²) in [6, 6.07) is 11.3. The maximum atomic E-state index is 5.85. The molecule has 0 bridgehead atoms. The van der Waals surface area contributed by atoms with Crippen molar-refractivity contribution in [1.82, 2.24) is 19.9 Å². The largest absolute Gasteiger partial charge is 0.399 e. The van der Waals surface area contributed by atoms with E-state index in [2.05, 4.69) is 25.3 Å². The Kier molecular flexibility index (Phi) is 3.24. The van der Waals surface area contributed by atoms with Crippen molar-refractivity contribution in [1.29, 1.82) is 0 Å². The molecule has 0 amide bonds. The van der Waals surface area contributed by atoms with Crippen LogP contribution in [0.3, 0.4) is 0 Å². The Morgan fingerprint density at radius 1 is 1.00 bits per heavy atom. The maximum absolute atomic E-state index is 5.85. The predicted octanol–water partition coefficient (Wildman–Crippen LogP) is 2.93. The van der Waals surface area contributed by atoms with Gasteiger partial charge in [-0.25, -0.2) is 15.0 Å². The van der Waals surface area contributed by atoms with Gasteiger partial charge in [0.05, 0.1) is 16.8 Å². The van der Waals surface area contributed by atoms with Gasteiger partial charge >= 0.3 is 0 Å². The summed E-state index contributed by atoms with van der Waals surface area (Å²) in [5, 5.41) is 4.31. The van der Waals surface area contributed by atoms with Crippen LogP contribution in [-0.2, 0) is 0 Å². The monoisotopic (exact) mass is 317 g/mol. The molecule has 4 aromatic rings. The molecule has 0 radical (unpaired) electrons. The molecular weight excluding hydrogens is 302 g/mol. The fraction of sp³-hybridized carbons (Fsp3) is 0. The number of hydrogen-bond acceptors (Lipinski definition) is 6. The first-order chi connectivity index (χ1) is 11.7. The smallest absolute Gasteiger partial charge is 0.220 e. The summed E-state index contributed by atoms with van der Waals surface area (Å²) >= 11 is 0. The van der Waals surface area contributed by atoms with Crippen LogP contribution in [0.1, 0.15) is 0 Å². The molecule has 4 rings (SSSR count). The summed E-state index contributed by atoms with van der Waals surface area (Å²) in [6.45, 7) is 0. The van der Waals surface area contributed by atoms with Crippen LogP contribution in [0, 0.1) is 0 Å². The highest BCUT2D eigenvalue weighted by atomic mass is 15.0. The van der Waals surface area contributed by atoms with E-state index in [0.29, 0.717) is 5.69 Å². The molecule has 0 atom stereocenters. The average Bonchev–Trinajstić information content (AvgIpc) is 3.00. The fourth-order valence-corrected chi connectivity index (χ4v) is 2.66. The molecule has 24 heavy (non-hydrogen) atoms. The zero-order chi connectivity index (χ0) is 16.5. The Morgan fingerprint density at radius 3 is 2.71 bits per heavy atom. The van der Waals surface area contributed by atoms with Crippen molar-refractivity contribution in [3.8, 4) is 11.3 Å². The zero-order valence-corrected chi connectivity index (χ0v) is 12.7. The third-order valence-corrected chi connectivity index (χ3v) is 3.69. The van der Waals surface area contributed by atoms with Crippen molar-refractivity contribution < 1.29 is 0 Å². The number of nitrogen functional groups attached to an aromatic ring is 2. The molecule has 118 valence electrons. The molecule has 0 fully saturated rings. The van der Waals surface area contributed by atoms with Crippen molar-refractivity contribution in [3.63, 3.8) is 0 Å². The SMILES string of the molecule is Nc1cccc(Nc2ccnc3[nH]cc(-c4ccnc(N)n4)c23)c1. The topological polar surface area (TPSA) is 119 Å². The third kappa shape index (κ3) is 2.48. The number of nitrogens with zero attached hydrogens (tertiary/aromatic N) is 3. The zero-order valence-electron chi connectivity index (χ0n) is 12.7. The molecule has 1 aromatic carbocycles. The lowest BCUT2D eigenvalue weighted by molar-refractivity contribution is 1.19. The number of benzene rings is 1. The molecule has 3 aromatic heterocycles. The molecule has 7 heteroatoms. The van der Waals surface area contributed by atoms with Crippen LogP contribution in [0.25, 0.3) is 22.3 Å². The second-order valence-electron chi connectivity index (χ2n) is 5.34. The maximum Gasteiger partial charge on any atom is 0.220 e. The number of rotatable bonds is 3. The van der Waals surface area contributed by atoms with Gasteiger partial charge < -0.3 is 21.8 Å². The second kappa shape index (κ2) is 5.54. The Bertz CT molecular complexity index is 1020. The fourth-order valence-electron chi connectivity index (χ4n) is 2.66. The van der Waals surface area contributed by atoms with E-state index >= 15 is 0 Å². The molecular formula is C17H15N7.